The van der Waals surface area contributed by atoms with Gasteiger partial charge in [0.1, 0.15) is 5.75 Å². The SMILES string of the molecule is Oc1ccc2c(c1CCC1CO1)O2. The molecule has 1 atom stereocenters. The lowest BCUT2D eigenvalue weighted by molar-refractivity contribution is 0.394. The Bertz CT molecular complexity index is 352. The molecule has 13 heavy (non-hydrogen) atoms. The summed E-state index contributed by atoms with van der Waals surface area (Å²) >= 11 is 0. The van der Waals surface area contributed by atoms with Gasteiger partial charge in [-0.05, 0) is 25.0 Å². The van der Waals surface area contributed by atoms with Gasteiger partial charge in [-0.2, -0.15) is 0 Å². The second-order valence-electron chi connectivity index (χ2n) is 3.49. The molecular weight excluding hydrogens is 168 g/mol. The Hall–Kier alpha value is -1.22. The van der Waals surface area contributed by atoms with Crippen molar-refractivity contribution in [3.63, 3.8) is 0 Å². The zero-order valence-electron chi connectivity index (χ0n) is 7.12. The number of epoxide rings is 1. The highest BCUT2D eigenvalue weighted by Gasteiger charge is 2.29. The average molecular weight is 178 g/mol. The Balaban J connectivity index is 1.79. The first-order valence-corrected chi connectivity index (χ1v) is 4.49. The molecule has 1 aromatic carbocycles. The number of fused-ring (bicyclic) bond motifs is 1. The first-order valence-electron chi connectivity index (χ1n) is 4.49. The van der Waals surface area contributed by atoms with E-state index in [0.29, 0.717) is 11.9 Å². The maximum absolute atomic E-state index is 9.54. The van der Waals surface area contributed by atoms with Gasteiger partial charge < -0.3 is 14.6 Å². The number of aromatic hydroxyl groups is 1. The summed E-state index contributed by atoms with van der Waals surface area (Å²) in [5.74, 6) is 2.13. The largest absolute Gasteiger partial charge is 0.508 e. The lowest BCUT2D eigenvalue weighted by Gasteiger charge is -1.98. The molecule has 68 valence electrons. The third-order valence-electron chi connectivity index (χ3n) is 2.49. The predicted octanol–water partition coefficient (Wildman–Crippen LogP) is 1.83. The van der Waals surface area contributed by atoms with Crippen LogP contribution in [0.3, 0.4) is 0 Å². The Morgan fingerprint density at radius 3 is 3.08 bits per heavy atom. The lowest BCUT2D eigenvalue weighted by Crippen LogP contribution is -1.90. The first-order chi connectivity index (χ1) is 6.34. The highest BCUT2D eigenvalue weighted by molar-refractivity contribution is 5.63. The van der Waals surface area contributed by atoms with Crippen molar-refractivity contribution < 1.29 is 14.6 Å². The normalized spacial score (nSPS) is 22.0. The van der Waals surface area contributed by atoms with Crippen LogP contribution in [0.5, 0.6) is 17.2 Å². The van der Waals surface area contributed by atoms with E-state index in [4.69, 9.17) is 9.47 Å². The predicted molar refractivity (Wildman–Crippen MR) is 46.2 cm³/mol. The van der Waals surface area contributed by atoms with Crippen molar-refractivity contribution in [2.45, 2.75) is 18.9 Å². The van der Waals surface area contributed by atoms with Crippen molar-refractivity contribution in [2.75, 3.05) is 6.61 Å². The van der Waals surface area contributed by atoms with Crippen LogP contribution in [-0.4, -0.2) is 17.8 Å². The Morgan fingerprint density at radius 1 is 1.46 bits per heavy atom. The van der Waals surface area contributed by atoms with Gasteiger partial charge in [-0.15, -0.1) is 0 Å². The third kappa shape index (κ3) is 1.25. The summed E-state index contributed by atoms with van der Waals surface area (Å²) in [5, 5.41) is 9.54. The zero-order chi connectivity index (χ0) is 8.84. The molecule has 1 N–H and O–H groups in total. The molecule has 2 heterocycles. The Kier molecular flexibility index (Phi) is 1.32. The van der Waals surface area contributed by atoms with E-state index in [1.165, 1.54) is 0 Å². The molecule has 3 heteroatoms. The molecular formula is C10H10O3. The smallest absolute Gasteiger partial charge is 0.177 e. The third-order valence-corrected chi connectivity index (χ3v) is 2.49. The Labute approximate surface area is 75.9 Å². The molecule has 0 bridgehead atoms. The highest BCUT2D eigenvalue weighted by atomic mass is 16.6. The van der Waals surface area contributed by atoms with Crippen LogP contribution in [0.15, 0.2) is 12.1 Å². The van der Waals surface area contributed by atoms with Crippen molar-refractivity contribution in [2.24, 2.45) is 0 Å². The molecule has 3 rings (SSSR count). The number of hydrogen-bond acceptors (Lipinski definition) is 3. The fraction of sp³-hybridized carbons (Fsp3) is 0.400. The summed E-state index contributed by atoms with van der Waals surface area (Å²) in [5.41, 5.74) is 0.938. The quantitative estimate of drug-likeness (QED) is 0.729. The van der Waals surface area contributed by atoms with E-state index < -0.39 is 0 Å². The van der Waals surface area contributed by atoms with E-state index in [1.54, 1.807) is 12.1 Å². The number of benzene rings is 1. The first kappa shape index (κ1) is 7.21. The summed E-state index contributed by atoms with van der Waals surface area (Å²) in [6.45, 7) is 0.872. The fourth-order valence-electron chi connectivity index (χ4n) is 1.56. The number of phenolic OH excluding ortho intramolecular Hbond substituents is 1. The van der Waals surface area contributed by atoms with Crippen molar-refractivity contribution in [3.05, 3.63) is 17.7 Å². The number of phenols is 1. The molecule has 2 aliphatic heterocycles. The van der Waals surface area contributed by atoms with Crippen molar-refractivity contribution in [3.8, 4) is 17.2 Å². The van der Waals surface area contributed by atoms with Gasteiger partial charge in [-0.25, -0.2) is 0 Å². The van der Waals surface area contributed by atoms with Gasteiger partial charge >= 0.3 is 0 Å². The summed E-state index contributed by atoms with van der Waals surface area (Å²) < 4.78 is 10.3. The summed E-state index contributed by atoms with van der Waals surface area (Å²) in [6, 6.07) is 3.48. The fourth-order valence-corrected chi connectivity index (χ4v) is 1.56. The molecule has 0 aliphatic carbocycles. The maximum atomic E-state index is 9.54. The second kappa shape index (κ2) is 2.39. The van der Waals surface area contributed by atoms with E-state index in [0.717, 1.165) is 36.5 Å². The van der Waals surface area contributed by atoms with Gasteiger partial charge in [0, 0.05) is 5.56 Å². The number of rotatable bonds is 3. The van der Waals surface area contributed by atoms with E-state index in [-0.39, 0.29) is 0 Å². The van der Waals surface area contributed by atoms with E-state index in [9.17, 15) is 5.11 Å². The second-order valence-corrected chi connectivity index (χ2v) is 3.49. The van der Waals surface area contributed by atoms with E-state index >= 15 is 0 Å². The van der Waals surface area contributed by atoms with Crippen LogP contribution in [0.25, 0.3) is 0 Å². The maximum Gasteiger partial charge on any atom is 0.177 e. The van der Waals surface area contributed by atoms with Crippen LogP contribution >= 0.6 is 0 Å². The van der Waals surface area contributed by atoms with Gasteiger partial charge in [0.05, 0.1) is 12.7 Å². The van der Waals surface area contributed by atoms with Crippen LogP contribution in [0.2, 0.25) is 0 Å². The standard InChI is InChI=1S/C10H10O3/c11-8-3-4-9-10(13-9)7(8)2-1-6-5-12-6/h3-4,6,11H,1-2,5H2. The molecule has 0 amide bonds. The molecule has 0 spiro atoms. The van der Waals surface area contributed by atoms with Gasteiger partial charge in [0.2, 0.25) is 0 Å². The van der Waals surface area contributed by atoms with Gasteiger partial charge in [-0.1, -0.05) is 0 Å². The molecule has 2 aliphatic rings. The monoisotopic (exact) mass is 178 g/mol. The van der Waals surface area contributed by atoms with Crippen LogP contribution < -0.4 is 4.74 Å². The zero-order valence-corrected chi connectivity index (χ0v) is 7.12. The molecule has 1 saturated heterocycles. The molecule has 1 aromatic rings. The summed E-state index contributed by atoms with van der Waals surface area (Å²) in [4.78, 5) is 0. The highest BCUT2D eigenvalue weighted by Crippen LogP contribution is 2.51. The van der Waals surface area contributed by atoms with Crippen LogP contribution in [0, 0.1) is 0 Å². The molecule has 0 aromatic heterocycles. The van der Waals surface area contributed by atoms with Crippen molar-refractivity contribution in [1.82, 2.24) is 0 Å². The molecule has 1 unspecified atom stereocenters. The number of hydrogen-bond donors (Lipinski definition) is 1. The molecule has 0 saturated carbocycles. The van der Waals surface area contributed by atoms with Crippen LogP contribution in [-0.2, 0) is 11.2 Å². The lowest BCUT2D eigenvalue weighted by atomic mass is 10.1. The minimum Gasteiger partial charge on any atom is -0.508 e. The summed E-state index contributed by atoms with van der Waals surface area (Å²) in [7, 11) is 0. The Morgan fingerprint density at radius 2 is 2.31 bits per heavy atom. The van der Waals surface area contributed by atoms with Crippen LogP contribution in [0.4, 0.5) is 0 Å². The molecule has 3 nitrogen and oxygen atoms in total. The molecule has 1 fully saturated rings. The minimum absolute atomic E-state index is 0.344. The van der Waals surface area contributed by atoms with Crippen LogP contribution in [0.1, 0.15) is 12.0 Å². The average Bonchev–Trinajstić information content (AvgIpc) is 2.97. The van der Waals surface area contributed by atoms with Crippen molar-refractivity contribution >= 4 is 0 Å². The van der Waals surface area contributed by atoms with Gasteiger partial charge in [-0.3, -0.25) is 0 Å². The summed E-state index contributed by atoms with van der Waals surface area (Å²) in [6.07, 6.45) is 2.24. The molecule has 0 radical (unpaired) electrons. The van der Waals surface area contributed by atoms with Gasteiger partial charge in [0.15, 0.2) is 11.5 Å². The van der Waals surface area contributed by atoms with E-state index in [1.807, 2.05) is 0 Å². The topological polar surface area (TPSA) is 45.3 Å². The number of ether oxygens (including phenoxy) is 2. The minimum atomic E-state index is 0.344. The van der Waals surface area contributed by atoms with Crippen molar-refractivity contribution in [1.29, 1.82) is 0 Å². The van der Waals surface area contributed by atoms with E-state index in [2.05, 4.69) is 0 Å². The van der Waals surface area contributed by atoms with Gasteiger partial charge in [0.25, 0.3) is 0 Å².